The van der Waals surface area contributed by atoms with Gasteiger partial charge < -0.3 is 14.4 Å². The molecule has 2 saturated heterocycles. The van der Waals surface area contributed by atoms with E-state index in [9.17, 15) is 9.59 Å². The van der Waals surface area contributed by atoms with Crippen LogP contribution in [0.2, 0.25) is 0 Å². The van der Waals surface area contributed by atoms with E-state index in [2.05, 4.69) is 17.2 Å². The Kier molecular flexibility index (Phi) is 4.33. The van der Waals surface area contributed by atoms with Gasteiger partial charge in [-0.05, 0) is 12.8 Å². The van der Waals surface area contributed by atoms with Gasteiger partial charge in [0.15, 0.2) is 5.69 Å². The molecule has 3 fully saturated rings. The maximum absolute atomic E-state index is 13.0. The van der Waals surface area contributed by atoms with E-state index in [1.54, 1.807) is 15.8 Å². The normalized spacial score (nSPS) is 28.8. The topological polar surface area (TPSA) is 86.6 Å². The van der Waals surface area contributed by atoms with Crippen LogP contribution in [0.4, 0.5) is 0 Å². The Hall–Kier alpha value is -1.80. The molecule has 25 heavy (non-hydrogen) atoms. The lowest BCUT2D eigenvalue weighted by Crippen LogP contribution is -2.53. The predicted octanol–water partition coefficient (Wildman–Crippen LogP) is 0.525. The summed E-state index contributed by atoms with van der Waals surface area (Å²) >= 11 is 0. The van der Waals surface area contributed by atoms with Gasteiger partial charge in [0.05, 0.1) is 45.2 Å². The molecule has 0 spiro atoms. The van der Waals surface area contributed by atoms with Gasteiger partial charge in [0.2, 0.25) is 0 Å². The first-order valence-corrected chi connectivity index (χ1v) is 8.95. The summed E-state index contributed by atoms with van der Waals surface area (Å²) in [5.74, 6) is -0.0190. The van der Waals surface area contributed by atoms with Gasteiger partial charge in [-0.2, -0.15) is 0 Å². The number of Topliss-reactive ketones (excluding diaryl/α,β-unsaturated/α-hetero) is 1. The molecule has 1 aromatic rings. The summed E-state index contributed by atoms with van der Waals surface area (Å²) in [5, 5.41) is 8.17. The maximum atomic E-state index is 13.0. The molecule has 1 amide bonds. The van der Waals surface area contributed by atoms with Crippen LogP contribution in [0.1, 0.15) is 36.7 Å². The highest BCUT2D eigenvalue weighted by atomic mass is 16.5. The monoisotopic (exact) mass is 348 g/mol. The van der Waals surface area contributed by atoms with Crippen LogP contribution in [0.25, 0.3) is 0 Å². The predicted molar refractivity (Wildman–Crippen MR) is 86.9 cm³/mol. The molecule has 1 aromatic heterocycles. The van der Waals surface area contributed by atoms with Crippen molar-refractivity contribution in [1.29, 1.82) is 0 Å². The van der Waals surface area contributed by atoms with E-state index in [1.165, 1.54) is 0 Å². The van der Waals surface area contributed by atoms with Gasteiger partial charge in [-0.15, -0.1) is 5.10 Å². The molecule has 2 unspecified atom stereocenters. The first-order chi connectivity index (χ1) is 12.1. The Bertz CT molecular complexity index is 669. The molecule has 3 heterocycles. The van der Waals surface area contributed by atoms with Gasteiger partial charge in [0, 0.05) is 24.3 Å². The average Bonchev–Trinajstić information content (AvgIpc) is 3.22. The van der Waals surface area contributed by atoms with Crippen LogP contribution in [0.5, 0.6) is 0 Å². The summed E-state index contributed by atoms with van der Waals surface area (Å²) in [7, 11) is 0. The van der Waals surface area contributed by atoms with E-state index in [1.807, 2.05) is 0 Å². The number of aromatic nitrogens is 3. The van der Waals surface area contributed by atoms with Crippen LogP contribution in [-0.2, 0) is 20.8 Å². The third-order valence-corrected chi connectivity index (χ3v) is 5.45. The summed E-state index contributed by atoms with van der Waals surface area (Å²) < 4.78 is 12.5. The zero-order valence-corrected chi connectivity index (χ0v) is 14.5. The molecule has 1 aliphatic carbocycles. The van der Waals surface area contributed by atoms with Crippen molar-refractivity contribution in [3.63, 3.8) is 0 Å². The fraction of sp³-hybridized carbons (Fsp3) is 0.765. The lowest BCUT2D eigenvalue weighted by Gasteiger charge is -2.38. The molecule has 4 rings (SSSR count). The van der Waals surface area contributed by atoms with E-state index in [-0.39, 0.29) is 29.1 Å². The lowest BCUT2D eigenvalue weighted by molar-refractivity contribution is -0.124. The molecule has 136 valence electrons. The minimum absolute atomic E-state index is 0.0613. The number of amides is 1. The van der Waals surface area contributed by atoms with Gasteiger partial charge in [0.25, 0.3) is 5.91 Å². The summed E-state index contributed by atoms with van der Waals surface area (Å²) in [4.78, 5) is 26.9. The second-order valence-corrected chi connectivity index (χ2v) is 7.71. The molecule has 0 radical (unpaired) electrons. The molecule has 8 nitrogen and oxygen atoms in total. The third-order valence-electron chi connectivity index (χ3n) is 5.45. The fourth-order valence-corrected chi connectivity index (χ4v) is 4.01. The average molecular weight is 348 g/mol. The second kappa shape index (κ2) is 6.49. The number of ether oxygens (including phenoxy) is 2. The van der Waals surface area contributed by atoms with Crippen molar-refractivity contribution in [2.75, 3.05) is 33.0 Å². The Labute approximate surface area is 146 Å². The van der Waals surface area contributed by atoms with Gasteiger partial charge in [-0.1, -0.05) is 12.1 Å². The molecule has 0 aromatic carbocycles. The van der Waals surface area contributed by atoms with Crippen LogP contribution < -0.4 is 0 Å². The van der Waals surface area contributed by atoms with Crippen LogP contribution in [-0.4, -0.2) is 70.6 Å². The van der Waals surface area contributed by atoms with Crippen molar-refractivity contribution in [2.24, 2.45) is 11.3 Å². The Morgan fingerprint density at radius 1 is 1.40 bits per heavy atom. The van der Waals surface area contributed by atoms with Crippen molar-refractivity contribution in [3.8, 4) is 0 Å². The Balaban J connectivity index is 1.48. The molecule has 0 bridgehead atoms. The maximum Gasteiger partial charge on any atom is 0.276 e. The van der Waals surface area contributed by atoms with Crippen molar-refractivity contribution < 1.29 is 19.1 Å². The standard InChI is InChI=1S/C17H24N4O4/c1-17(10-25-11-17)9-20-7-13(18-19-20)16(23)21-5-6-24-8-14(21)12-3-2-4-15(12)22/h7,12,14H,2-6,8-11H2,1H3. The number of hydrogen-bond acceptors (Lipinski definition) is 6. The molecule has 2 aliphatic heterocycles. The van der Waals surface area contributed by atoms with Crippen molar-refractivity contribution in [3.05, 3.63) is 11.9 Å². The highest BCUT2D eigenvalue weighted by Crippen LogP contribution is 2.30. The Morgan fingerprint density at radius 3 is 2.92 bits per heavy atom. The zero-order valence-electron chi connectivity index (χ0n) is 14.5. The minimum Gasteiger partial charge on any atom is -0.380 e. The highest BCUT2D eigenvalue weighted by molar-refractivity contribution is 5.93. The van der Waals surface area contributed by atoms with Gasteiger partial charge in [-0.25, -0.2) is 0 Å². The van der Waals surface area contributed by atoms with Crippen LogP contribution in [0.15, 0.2) is 6.20 Å². The van der Waals surface area contributed by atoms with Gasteiger partial charge >= 0.3 is 0 Å². The van der Waals surface area contributed by atoms with Crippen molar-refractivity contribution in [2.45, 2.75) is 38.8 Å². The van der Waals surface area contributed by atoms with E-state index >= 15 is 0 Å². The molecule has 2 atom stereocenters. The van der Waals surface area contributed by atoms with E-state index in [0.717, 1.165) is 12.8 Å². The summed E-state index contributed by atoms with van der Waals surface area (Å²) in [6.07, 6.45) is 4.05. The molecular weight excluding hydrogens is 324 g/mol. The zero-order chi connectivity index (χ0) is 17.4. The summed E-state index contributed by atoms with van der Waals surface area (Å²) in [6, 6.07) is -0.182. The first kappa shape index (κ1) is 16.7. The Morgan fingerprint density at radius 2 is 2.24 bits per heavy atom. The SMILES string of the molecule is CC1(Cn2cc(C(=O)N3CCOCC3C3CCCC3=O)nn2)COC1. The smallest absolute Gasteiger partial charge is 0.276 e. The number of nitrogens with zero attached hydrogens (tertiary/aromatic N) is 4. The third kappa shape index (κ3) is 3.20. The summed E-state index contributed by atoms with van der Waals surface area (Å²) in [5.41, 5.74) is 0.396. The fourth-order valence-electron chi connectivity index (χ4n) is 4.01. The number of hydrogen-bond donors (Lipinski definition) is 0. The lowest BCUT2D eigenvalue weighted by atomic mass is 9.89. The molecule has 1 saturated carbocycles. The molecular formula is C17H24N4O4. The van der Waals surface area contributed by atoms with E-state index in [4.69, 9.17) is 9.47 Å². The molecule has 0 N–H and O–H groups in total. The largest absolute Gasteiger partial charge is 0.380 e. The van der Waals surface area contributed by atoms with Crippen molar-refractivity contribution in [1.82, 2.24) is 19.9 Å². The highest BCUT2D eigenvalue weighted by Gasteiger charge is 2.40. The van der Waals surface area contributed by atoms with Crippen LogP contribution >= 0.6 is 0 Å². The first-order valence-electron chi connectivity index (χ1n) is 8.95. The quantitative estimate of drug-likeness (QED) is 0.789. The van der Waals surface area contributed by atoms with E-state index < -0.39 is 0 Å². The number of morpholine rings is 1. The van der Waals surface area contributed by atoms with E-state index in [0.29, 0.717) is 51.6 Å². The molecule has 8 heteroatoms. The van der Waals surface area contributed by atoms with Crippen LogP contribution in [0, 0.1) is 11.3 Å². The van der Waals surface area contributed by atoms with Gasteiger partial charge in [-0.3, -0.25) is 14.3 Å². The number of rotatable bonds is 4. The number of ketones is 1. The van der Waals surface area contributed by atoms with Gasteiger partial charge in [0.1, 0.15) is 5.78 Å². The number of carbonyl (C=O) groups is 2. The number of carbonyl (C=O) groups excluding carboxylic acids is 2. The van der Waals surface area contributed by atoms with Crippen molar-refractivity contribution >= 4 is 11.7 Å². The van der Waals surface area contributed by atoms with Crippen LogP contribution in [0.3, 0.4) is 0 Å². The second-order valence-electron chi connectivity index (χ2n) is 7.71. The summed E-state index contributed by atoms with van der Waals surface area (Å²) in [6.45, 7) is 5.62. The minimum atomic E-state index is -0.182. The molecule has 3 aliphatic rings.